The molecule has 1 aliphatic heterocycles. The lowest BCUT2D eigenvalue weighted by Crippen LogP contribution is -2.31. The lowest BCUT2D eigenvalue weighted by Gasteiger charge is -2.26. The van der Waals surface area contributed by atoms with Crippen LogP contribution < -0.4 is 10.2 Å². The molecule has 36 heavy (non-hydrogen) atoms. The van der Waals surface area contributed by atoms with Crippen LogP contribution in [-0.2, 0) is 6.54 Å². The first-order valence-electron chi connectivity index (χ1n) is 11.8. The van der Waals surface area contributed by atoms with Crippen molar-refractivity contribution in [2.75, 3.05) is 23.3 Å². The zero-order valence-corrected chi connectivity index (χ0v) is 19.5. The van der Waals surface area contributed by atoms with Gasteiger partial charge < -0.3 is 19.7 Å². The fraction of sp³-hybridized carbons (Fsp3) is 0.231. The number of hydrogen-bond donors (Lipinski definition) is 2. The van der Waals surface area contributed by atoms with Crippen molar-refractivity contribution in [1.82, 2.24) is 15.0 Å². The highest BCUT2D eigenvalue weighted by atomic mass is 16.4. The molecule has 0 spiro atoms. The number of para-hydroxylation sites is 1. The first-order chi connectivity index (χ1) is 17.7. The van der Waals surface area contributed by atoms with Crippen LogP contribution >= 0.6 is 0 Å². The number of benzene rings is 2. The quantitative estimate of drug-likeness (QED) is 0.299. The van der Waals surface area contributed by atoms with E-state index in [0.29, 0.717) is 29.0 Å². The van der Waals surface area contributed by atoms with Crippen LogP contribution in [0.5, 0.6) is 0 Å². The maximum absolute atomic E-state index is 11.5. The van der Waals surface area contributed by atoms with Crippen molar-refractivity contribution in [3.63, 3.8) is 0 Å². The average molecular weight is 484 g/mol. The van der Waals surface area contributed by atoms with Crippen LogP contribution in [-0.4, -0.2) is 39.1 Å². The first kappa shape index (κ1) is 23.2. The second-order valence-electron chi connectivity index (χ2n) is 8.31. The molecule has 0 radical (unpaired) electrons. The number of carboxylic acids is 1. The summed E-state index contributed by atoms with van der Waals surface area (Å²) in [7, 11) is 0. The maximum atomic E-state index is 11.5. The number of aromatic nitrogens is 3. The van der Waals surface area contributed by atoms with Crippen LogP contribution in [0, 0.1) is 0 Å². The van der Waals surface area contributed by atoms with Gasteiger partial charge in [-0.25, -0.2) is 4.79 Å². The van der Waals surface area contributed by atoms with Crippen molar-refractivity contribution in [2.45, 2.75) is 25.8 Å². The van der Waals surface area contributed by atoms with E-state index in [0.717, 1.165) is 31.6 Å². The first-order valence-corrected chi connectivity index (χ1v) is 11.8. The third-order valence-corrected chi connectivity index (χ3v) is 5.75. The molecule has 0 atom stereocenters. The maximum Gasteiger partial charge on any atom is 0.336 e. The molecular formula is C26H25N7O3. The predicted octanol–water partition coefficient (Wildman–Crippen LogP) is 5.85. The summed E-state index contributed by atoms with van der Waals surface area (Å²) in [5.41, 5.74) is 1.54. The number of anilines is 3. The molecule has 10 heteroatoms. The Bertz CT molecular complexity index is 1360. The summed E-state index contributed by atoms with van der Waals surface area (Å²) in [5.74, 6) is 1.16. The molecule has 0 aliphatic carbocycles. The minimum atomic E-state index is -1.01. The Kier molecular flexibility index (Phi) is 6.93. The van der Waals surface area contributed by atoms with Crippen LogP contribution in [0.25, 0.3) is 11.3 Å². The number of carbonyl (C=O) groups is 1. The van der Waals surface area contributed by atoms with E-state index in [1.54, 1.807) is 36.4 Å². The van der Waals surface area contributed by atoms with E-state index in [2.05, 4.69) is 35.4 Å². The molecule has 0 bridgehead atoms. The Balaban J connectivity index is 1.35. The zero-order valence-electron chi connectivity index (χ0n) is 19.5. The normalized spacial score (nSPS) is 13.7. The number of hydrogen-bond acceptors (Lipinski definition) is 9. The van der Waals surface area contributed by atoms with E-state index in [9.17, 15) is 9.90 Å². The summed E-state index contributed by atoms with van der Waals surface area (Å²) >= 11 is 0. The molecule has 1 saturated heterocycles. The Labute approximate surface area is 207 Å². The van der Waals surface area contributed by atoms with Crippen molar-refractivity contribution in [3.05, 3.63) is 78.1 Å². The second-order valence-corrected chi connectivity index (χ2v) is 8.31. The molecule has 4 aromatic rings. The Morgan fingerprint density at radius 3 is 2.53 bits per heavy atom. The predicted molar refractivity (Wildman–Crippen MR) is 135 cm³/mol. The van der Waals surface area contributed by atoms with E-state index in [1.807, 2.05) is 30.3 Å². The van der Waals surface area contributed by atoms with Crippen molar-refractivity contribution in [2.24, 2.45) is 10.2 Å². The van der Waals surface area contributed by atoms with Gasteiger partial charge in [0.1, 0.15) is 18.1 Å². The number of azo groups is 1. The Hall–Kier alpha value is -4.60. The average Bonchev–Trinajstić information content (AvgIpc) is 3.38. The summed E-state index contributed by atoms with van der Waals surface area (Å²) in [6.07, 6.45) is 3.39. The van der Waals surface area contributed by atoms with Crippen molar-refractivity contribution in [3.8, 4) is 11.3 Å². The molecule has 1 fully saturated rings. The number of rotatable bonds is 8. The third-order valence-electron chi connectivity index (χ3n) is 5.75. The summed E-state index contributed by atoms with van der Waals surface area (Å²) in [5, 5.41) is 21.1. The van der Waals surface area contributed by atoms with Gasteiger partial charge in [-0.1, -0.05) is 36.4 Å². The van der Waals surface area contributed by atoms with Gasteiger partial charge in [0.2, 0.25) is 11.9 Å². The lowest BCUT2D eigenvalue weighted by molar-refractivity contribution is 0.0697. The minimum absolute atomic E-state index is 0.154. The van der Waals surface area contributed by atoms with E-state index in [1.165, 1.54) is 6.42 Å². The summed E-state index contributed by atoms with van der Waals surface area (Å²) in [4.78, 5) is 27.2. The largest absolute Gasteiger partial charge is 0.478 e. The number of aromatic carboxylic acids is 1. The number of piperidine rings is 1. The molecule has 182 valence electrons. The summed E-state index contributed by atoms with van der Waals surface area (Å²) in [6.45, 7) is 1.93. The molecular weight excluding hydrogens is 458 g/mol. The van der Waals surface area contributed by atoms with E-state index >= 15 is 0 Å². The molecule has 1 aliphatic rings. The monoisotopic (exact) mass is 483 g/mol. The molecule has 2 aromatic heterocycles. The van der Waals surface area contributed by atoms with E-state index in [4.69, 9.17) is 4.42 Å². The highest BCUT2D eigenvalue weighted by Gasteiger charge is 2.17. The van der Waals surface area contributed by atoms with Crippen LogP contribution in [0.15, 0.2) is 81.4 Å². The van der Waals surface area contributed by atoms with Crippen LogP contribution in [0.2, 0.25) is 0 Å². The van der Waals surface area contributed by atoms with Gasteiger partial charge in [0.15, 0.2) is 0 Å². The van der Waals surface area contributed by atoms with Crippen molar-refractivity contribution in [1.29, 1.82) is 0 Å². The SMILES string of the molecule is O=C(O)c1ccccc1-c1ccc(CN=Nc2nc(Nc3ccccc3)nc(N3CCCCC3)n2)o1. The van der Waals surface area contributed by atoms with Gasteiger partial charge in [-0.05, 0) is 49.6 Å². The highest BCUT2D eigenvalue weighted by Crippen LogP contribution is 2.27. The number of nitrogens with zero attached hydrogens (tertiary/aromatic N) is 6. The van der Waals surface area contributed by atoms with E-state index < -0.39 is 5.97 Å². The Morgan fingerprint density at radius 2 is 1.72 bits per heavy atom. The molecule has 0 unspecified atom stereocenters. The molecule has 0 saturated carbocycles. The van der Waals surface area contributed by atoms with Crippen LogP contribution in [0.1, 0.15) is 35.4 Å². The van der Waals surface area contributed by atoms with E-state index in [-0.39, 0.29) is 18.1 Å². The molecule has 3 heterocycles. The molecule has 0 amide bonds. The number of nitrogens with one attached hydrogen (secondary N) is 1. The fourth-order valence-corrected chi connectivity index (χ4v) is 4.00. The summed E-state index contributed by atoms with van der Waals surface area (Å²) < 4.78 is 5.83. The third kappa shape index (κ3) is 5.54. The zero-order chi connectivity index (χ0) is 24.7. The molecule has 2 N–H and O–H groups in total. The minimum Gasteiger partial charge on any atom is -0.478 e. The number of carboxylic acid groups (broad SMARTS) is 1. The van der Waals surface area contributed by atoms with Gasteiger partial charge in [0.05, 0.1) is 5.56 Å². The fourth-order valence-electron chi connectivity index (χ4n) is 4.00. The highest BCUT2D eigenvalue weighted by molar-refractivity contribution is 5.95. The van der Waals surface area contributed by atoms with Gasteiger partial charge in [-0.3, -0.25) is 0 Å². The van der Waals surface area contributed by atoms with Crippen molar-refractivity contribution >= 4 is 29.5 Å². The number of furan rings is 1. The molecule has 5 rings (SSSR count). The van der Waals surface area contributed by atoms with Crippen LogP contribution in [0.4, 0.5) is 23.5 Å². The second kappa shape index (κ2) is 10.8. The Morgan fingerprint density at radius 1 is 0.944 bits per heavy atom. The smallest absolute Gasteiger partial charge is 0.336 e. The summed E-state index contributed by atoms with van der Waals surface area (Å²) in [6, 6.07) is 19.9. The van der Waals surface area contributed by atoms with Crippen LogP contribution in [0.3, 0.4) is 0 Å². The topological polar surface area (TPSA) is 129 Å². The van der Waals surface area contributed by atoms with Gasteiger partial charge in [-0.15, -0.1) is 5.11 Å². The lowest BCUT2D eigenvalue weighted by atomic mass is 10.1. The van der Waals surface area contributed by atoms with Crippen molar-refractivity contribution < 1.29 is 14.3 Å². The van der Waals surface area contributed by atoms with Gasteiger partial charge >= 0.3 is 5.97 Å². The molecule has 10 nitrogen and oxygen atoms in total. The van der Waals surface area contributed by atoms with Gasteiger partial charge in [0, 0.05) is 24.3 Å². The van der Waals surface area contributed by atoms with Gasteiger partial charge in [0.25, 0.3) is 5.95 Å². The molecule has 2 aromatic carbocycles. The standard InChI is InChI=1S/C26H25N7O3/c34-23(35)21-12-6-5-11-20(21)22-14-13-19(36-22)17-27-32-25-29-24(28-18-9-3-1-4-10-18)30-26(31-25)33-15-7-2-8-16-33/h1,3-6,9-14H,2,7-8,15-17H2,(H,34,35)(H,28,29,30,31). The van der Waals surface area contributed by atoms with Gasteiger partial charge in [-0.2, -0.15) is 20.1 Å².